The van der Waals surface area contributed by atoms with Crippen molar-refractivity contribution in [2.45, 2.75) is 193 Å². The van der Waals surface area contributed by atoms with Gasteiger partial charge < -0.3 is 69.0 Å². The number of nitrogens with zero attached hydrogens (tertiary/aromatic N) is 2. The zero-order valence-corrected chi connectivity index (χ0v) is 52.4. The Morgan fingerprint density at radius 2 is 0.986 bits per heavy atom. The average molecular weight is 1080 g/mol. The predicted molar refractivity (Wildman–Crippen MR) is 274 cm³/mol. The molecule has 0 radical (unpaired) electrons. The number of hydrogen-bond donors (Lipinski definition) is 4. The van der Waals surface area contributed by atoms with Crippen molar-refractivity contribution in [3.05, 3.63) is 24.3 Å². The van der Waals surface area contributed by atoms with E-state index in [0.717, 1.165) is 57.8 Å². The summed E-state index contributed by atoms with van der Waals surface area (Å²) in [6, 6.07) is 0. The van der Waals surface area contributed by atoms with Crippen LogP contribution in [0.5, 0.6) is 0 Å². The molecule has 0 aromatic carbocycles. The zero-order chi connectivity index (χ0) is 52.3. The van der Waals surface area contributed by atoms with Crippen LogP contribution in [0.4, 0.5) is 0 Å². The number of phosphoric ester groups is 2. The minimum atomic E-state index is -5.12. The number of quaternary nitrogens is 2. The van der Waals surface area contributed by atoms with Crippen LogP contribution in [0, 0.1) is 23.7 Å². The molecule has 414 valence electrons. The Morgan fingerprint density at radius 1 is 0.597 bits per heavy atom. The third kappa shape index (κ3) is 42.5. The largest absolute Gasteiger partial charge is 1.00 e. The fourth-order valence-electron chi connectivity index (χ4n) is 10.0. The Labute approximate surface area is 483 Å². The molecule has 1 aliphatic carbocycles. The Kier molecular flexibility index (Phi) is 44.9. The molecule has 0 heterocycles. The molecular formula is C52H101N4Na2O12P2-. The van der Waals surface area contributed by atoms with Gasteiger partial charge in [-0.15, -0.1) is 0 Å². The van der Waals surface area contributed by atoms with Gasteiger partial charge in [0.15, 0.2) is 0 Å². The smallest absolute Gasteiger partial charge is 1.00 e. The van der Waals surface area contributed by atoms with Gasteiger partial charge in [0.1, 0.15) is 25.3 Å². The monoisotopic (exact) mass is 1080 g/mol. The van der Waals surface area contributed by atoms with E-state index in [-0.39, 0.29) is 85.4 Å². The summed E-state index contributed by atoms with van der Waals surface area (Å²) in [7, 11) is -2.66. The number of aliphatic hydroxyl groups is 2. The Morgan fingerprint density at radius 3 is 1.44 bits per heavy atom. The van der Waals surface area contributed by atoms with Crippen LogP contribution in [0.2, 0.25) is 0 Å². The van der Waals surface area contributed by atoms with E-state index in [1.54, 1.807) is 0 Å². The number of unbranched alkanes of at least 4 members (excludes halogenated alkanes) is 15. The van der Waals surface area contributed by atoms with Gasteiger partial charge in [-0.3, -0.25) is 9.59 Å². The Balaban J connectivity index is -0.0000163. The van der Waals surface area contributed by atoms with Crippen LogP contribution in [0.25, 0.3) is 0 Å². The second-order valence-electron chi connectivity index (χ2n) is 21.6. The van der Waals surface area contributed by atoms with Gasteiger partial charge >= 0.3 is 59.1 Å². The number of likely N-dealkylation sites (N-methyl/N-ethyl adjacent to an activating group) is 2. The van der Waals surface area contributed by atoms with Gasteiger partial charge in [0.2, 0.25) is 11.8 Å². The number of amides is 2. The molecule has 1 rings (SSSR count). The predicted octanol–water partition coefficient (Wildman–Crippen LogP) is 0.678. The molecule has 0 aliphatic heterocycles. The number of nitrogens with one attached hydrogen (secondary N) is 2. The standard InChI is InChI=1S/C52H102N4O12P2.2Na.H/c1-7-9-11-21-29-45-35-36-46(30-22-17-16-20-26-34-52(60)54-38-28-40-56(5,6)42-48(58)44-68-70(64,65)66)50(49(45)31-23-12-10-8-2)32-24-18-14-13-15-19-25-33-51(59)53-37-27-39-55(3,4)41-47(57)43-67-69(61,62)63;;;/h24,32,35-36,45-50,57-58H,7-23,25-31,33-34,37-44H2,1-6H3,(H4-2,53,54,59,60,61,62,63,64,65,66);;;/q;2*+1;-1/p-2/b32-24-;;;. The summed E-state index contributed by atoms with van der Waals surface area (Å²) in [5, 5.41) is 26.1. The third-order valence-electron chi connectivity index (χ3n) is 13.8. The van der Waals surface area contributed by atoms with Crippen LogP contribution >= 0.6 is 15.6 Å². The van der Waals surface area contributed by atoms with E-state index in [4.69, 9.17) is 0 Å². The number of carbonyl (C=O) groups is 2. The first-order valence-electron chi connectivity index (χ1n) is 27.3. The molecule has 0 aromatic rings. The number of hydrogen-bond acceptors (Lipinski definition) is 12. The van der Waals surface area contributed by atoms with Gasteiger partial charge in [-0.2, -0.15) is 0 Å². The number of carbonyl (C=O) groups excluding carboxylic acids is 2. The molecule has 0 fully saturated rings. The van der Waals surface area contributed by atoms with Gasteiger partial charge in [-0.05, 0) is 68.6 Å². The summed E-state index contributed by atoms with van der Waals surface area (Å²) in [6.45, 7) is 6.28. The minimum absolute atomic E-state index is 0. The first-order chi connectivity index (χ1) is 33.1. The van der Waals surface area contributed by atoms with E-state index in [1.165, 1.54) is 83.5 Å². The topological polar surface area (TPSA) is 243 Å². The zero-order valence-electron chi connectivity index (χ0n) is 47.6. The van der Waals surface area contributed by atoms with Crippen molar-refractivity contribution in [3.8, 4) is 0 Å². The van der Waals surface area contributed by atoms with Crippen LogP contribution < -0.4 is 89.3 Å². The summed E-state index contributed by atoms with van der Waals surface area (Å²) < 4.78 is 30.6. The quantitative estimate of drug-likeness (QED) is 0.0217. The van der Waals surface area contributed by atoms with E-state index < -0.39 is 41.1 Å². The molecule has 16 nitrogen and oxygen atoms in total. The van der Waals surface area contributed by atoms with E-state index in [9.17, 15) is 48.5 Å². The van der Waals surface area contributed by atoms with E-state index >= 15 is 0 Å². The second kappa shape index (κ2) is 43.4. The summed E-state index contributed by atoms with van der Waals surface area (Å²) in [5.74, 6) is 2.56. The van der Waals surface area contributed by atoms with Gasteiger partial charge in [0, 0.05) is 38.8 Å². The fourth-order valence-corrected chi connectivity index (χ4v) is 10.7. The van der Waals surface area contributed by atoms with Crippen LogP contribution in [0.3, 0.4) is 0 Å². The molecule has 0 bridgehead atoms. The number of phosphoric acid groups is 2. The van der Waals surface area contributed by atoms with Crippen molar-refractivity contribution < 1.29 is 127 Å². The van der Waals surface area contributed by atoms with Gasteiger partial charge in [0.05, 0.1) is 70.1 Å². The first kappa shape index (κ1) is 74.6. The molecular weight excluding hydrogens is 981 g/mol. The van der Waals surface area contributed by atoms with Crippen molar-refractivity contribution in [3.63, 3.8) is 0 Å². The maximum Gasteiger partial charge on any atom is 1.00 e. The molecule has 20 heteroatoms. The molecule has 1 aliphatic rings. The van der Waals surface area contributed by atoms with E-state index in [1.807, 2.05) is 28.2 Å². The number of rotatable bonds is 45. The molecule has 0 spiro atoms. The van der Waals surface area contributed by atoms with Crippen LogP contribution in [-0.4, -0.2) is 124 Å². The molecule has 0 aromatic heterocycles. The van der Waals surface area contributed by atoms with Crippen molar-refractivity contribution in [1.29, 1.82) is 0 Å². The van der Waals surface area contributed by atoms with E-state index in [2.05, 4.69) is 57.8 Å². The van der Waals surface area contributed by atoms with Crippen LogP contribution in [-0.2, 0) is 27.8 Å². The number of aliphatic hydroxyl groups excluding tert-OH is 2. The number of allylic oxidation sites excluding steroid dienone is 4. The van der Waals surface area contributed by atoms with Gasteiger partial charge in [0.25, 0.3) is 0 Å². The summed E-state index contributed by atoms with van der Waals surface area (Å²) in [4.78, 5) is 67.7. The van der Waals surface area contributed by atoms with Crippen molar-refractivity contribution >= 4 is 27.5 Å². The Hall–Kier alpha value is 0.480. The summed E-state index contributed by atoms with van der Waals surface area (Å²) in [5.41, 5.74) is 0. The first-order valence-corrected chi connectivity index (χ1v) is 30.2. The second-order valence-corrected chi connectivity index (χ2v) is 23.9. The normalized spacial score (nSPS) is 18.4. The molecule has 4 N–H and O–H groups in total. The maximum absolute atomic E-state index is 12.5. The fraction of sp³-hybridized carbons (Fsp3) is 0.885. The SMILES string of the molecule is CCCCCCC1C=CC(CCCCCCCC(=O)NCCC[N+](C)(C)CC(O)COP(=O)([O-])[O-])C(/C=C\CCCCCCCC(=O)NCCC[N+](C)(C)CC(O)COP(=O)([O-])[O-])C1CCCCCC.[H-].[Na+].[Na+]. The molecule has 6 atom stereocenters. The molecule has 6 unspecified atom stereocenters. The van der Waals surface area contributed by atoms with Crippen molar-refractivity contribution in [2.24, 2.45) is 23.7 Å². The maximum atomic E-state index is 12.5. The molecule has 72 heavy (non-hydrogen) atoms. The third-order valence-corrected chi connectivity index (χ3v) is 14.7. The summed E-state index contributed by atoms with van der Waals surface area (Å²) in [6.07, 6.45) is 36.4. The van der Waals surface area contributed by atoms with Gasteiger partial charge in [-0.25, -0.2) is 0 Å². The molecule has 0 saturated heterocycles. The van der Waals surface area contributed by atoms with Crippen LogP contribution in [0.15, 0.2) is 24.3 Å². The summed E-state index contributed by atoms with van der Waals surface area (Å²) >= 11 is 0. The minimum Gasteiger partial charge on any atom is -1.00 e. The molecule has 0 saturated carbocycles. The van der Waals surface area contributed by atoms with Crippen LogP contribution in [0.1, 0.15) is 182 Å². The van der Waals surface area contributed by atoms with Crippen molar-refractivity contribution in [1.82, 2.24) is 10.6 Å². The van der Waals surface area contributed by atoms with E-state index in [0.29, 0.717) is 84.5 Å². The van der Waals surface area contributed by atoms with Crippen molar-refractivity contribution in [2.75, 3.05) is 80.7 Å². The Bertz CT molecular complexity index is 1540. The average Bonchev–Trinajstić information content (AvgIpc) is 3.27. The van der Waals surface area contributed by atoms with Gasteiger partial charge in [-0.1, -0.05) is 134 Å². The molecule has 2 amide bonds.